The van der Waals surface area contributed by atoms with Crippen LogP contribution in [0.5, 0.6) is 0 Å². The van der Waals surface area contributed by atoms with Crippen molar-refractivity contribution in [3.05, 3.63) is 34.6 Å². The van der Waals surface area contributed by atoms with E-state index in [1.807, 2.05) is 6.92 Å². The van der Waals surface area contributed by atoms with Gasteiger partial charge in [0.1, 0.15) is 5.60 Å². The van der Waals surface area contributed by atoms with Gasteiger partial charge in [0.15, 0.2) is 17.3 Å². The third kappa shape index (κ3) is 3.96. The van der Waals surface area contributed by atoms with Gasteiger partial charge in [0.25, 0.3) is 0 Å². The second-order valence-corrected chi connectivity index (χ2v) is 11.8. The molecule has 2 N–H and O–H groups in total. The molecule has 0 aromatic carbocycles. The molecule has 2 fully saturated rings. The van der Waals surface area contributed by atoms with E-state index in [0.29, 0.717) is 31.3 Å². The first kappa shape index (κ1) is 26.0. The Hall–Kier alpha value is -2.09. The van der Waals surface area contributed by atoms with Crippen LogP contribution in [0.4, 0.5) is 0 Å². The molecular formula is C28H38O7. The fraction of sp³-hybridized carbons (Fsp3) is 0.679. The lowest BCUT2D eigenvalue weighted by molar-refractivity contribution is -0.260. The number of rotatable bonds is 4. The predicted molar refractivity (Wildman–Crippen MR) is 129 cm³/mol. The Morgan fingerprint density at radius 2 is 1.89 bits per heavy atom. The van der Waals surface area contributed by atoms with Crippen LogP contribution in [0.3, 0.4) is 0 Å². The average molecular weight is 487 g/mol. The minimum atomic E-state index is -1.20. The van der Waals surface area contributed by atoms with Crippen LogP contribution in [-0.4, -0.2) is 57.1 Å². The van der Waals surface area contributed by atoms with E-state index in [-0.39, 0.29) is 34.9 Å². The van der Waals surface area contributed by atoms with Crippen molar-refractivity contribution in [2.45, 2.75) is 104 Å². The zero-order valence-corrected chi connectivity index (χ0v) is 21.8. The van der Waals surface area contributed by atoms with Crippen LogP contribution in [0.25, 0.3) is 0 Å². The van der Waals surface area contributed by atoms with Crippen molar-refractivity contribution in [1.29, 1.82) is 0 Å². The van der Waals surface area contributed by atoms with Gasteiger partial charge in [-0.25, -0.2) is 0 Å². The Balaban J connectivity index is 1.69. The van der Waals surface area contributed by atoms with Gasteiger partial charge in [0.05, 0.1) is 29.5 Å². The third-order valence-corrected chi connectivity index (χ3v) is 8.96. The van der Waals surface area contributed by atoms with Gasteiger partial charge < -0.3 is 19.7 Å². The summed E-state index contributed by atoms with van der Waals surface area (Å²) in [6, 6.07) is 0. The zero-order chi connectivity index (χ0) is 26.1. The molecule has 0 aromatic heterocycles. The summed E-state index contributed by atoms with van der Waals surface area (Å²) in [6.45, 7) is 12.5. The third-order valence-electron chi connectivity index (χ3n) is 8.96. The molecule has 1 unspecified atom stereocenters. The molecule has 2 aliphatic carbocycles. The highest BCUT2D eigenvalue weighted by atomic mass is 16.5. The zero-order valence-electron chi connectivity index (χ0n) is 21.8. The van der Waals surface area contributed by atoms with Gasteiger partial charge in [0.2, 0.25) is 5.78 Å². The van der Waals surface area contributed by atoms with E-state index in [1.54, 1.807) is 40.7 Å². The van der Waals surface area contributed by atoms with Gasteiger partial charge in [0, 0.05) is 22.8 Å². The van der Waals surface area contributed by atoms with Crippen LogP contribution in [0, 0.1) is 17.3 Å². The highest BCUT2D eigenvalue weighted by molar-refractivity contribution is 6.24. The summed E-state index contributed by atoms with van der Waals surface area (Å²) < 4.78 is 12.7. The Morgan fingerprint density at radius 3 is 2.49 bits per heavy atom. The van der Waals surface area contributed by atoms with Gasteiger partial charge in [-0.2, -0.15) is 0 Å². The number of aliphatic hydroxyl groups excluding tert-OH is 1. The molecule has 7 atom stereocenters. The van der Waals surface area contributed by atoms with Crippen molar-refractivity contribution < 1.29 is 34.1 Å². The Morgan fingerprint density at radius 1 is 1.23 bits per heavy atom. The van der Waals surface area contributed by atoms with E-state index in [0.717, 1.165) is 0 Å². The second-order valence-electron chi connectivity index (χ2n) is 11.8. The van der Waals surface area contributed by atoms with E-state index in [9.17, 15) is 24.6 Å². The average Bonchev–Trinajstić information content (AvgIpc) is 2.77. The molecule has 1 saturated heterocycles. The van der Waals surface area contributed by atoms with Gasteiger partial charge in [-0.1, -0.05) is 19.9 Å². The first-order valence-corrected chi connectivity index (χ1v) is 12.6. The van der Waals surface area contributed by atoms with Crippen LogP contribution < -0.4 is 0 Å². The van der Waals surface area contributed by atoms with Crippen molar-refractivity contribution in [2.75, 3.05) is 0 Å². The summed E-state index contributed by atoms with van der Waals surface area (Å²) in [5.41, 5.74) is -1.77. The van der Waals surface area contributed by atoms with Crippen LogP contribution >= 0.6 is 0 Å². The monoisotopic (exact) mass is 486 g/mol. The summed E-state index contributed by atoms with van der Waals surface area (Å²) in [6.07, 6.45) is 3.62. The van der Waals surface area contributed by atoms with Crippen molar-refractivity contribution in [3.63, 3.8) is 0 Å². The van der Waals surface area contributed by atoms with E-state index in [4.69, 9.17) is 9.47 Å². The molecule has 4 rings (SSSR count). The van der Waals surface area contributed by atoms with Crippen molar-refractivity contribution in [3.8, 4) is 0 Å². The molecule has 7 nitrogen and oxygen atoms in total. The first-order chi connectivity index (χ1) is 16.2. The number of carbonyl (C=O) groups is 3. The highest BCUT2D eigenvalue weighted by Gasteiger charge is 2.64. The second kappa shape index (κ2) is 8.49. The molecule has 7 heteroatoms. The van der Waals surface area contributed by atoms with Crippen molar-refractivity contribution >= 4 is 17.3 Å². The Labute approximate surface area is 207 Å². The maximum atomic E-state index is 13.5. The first-order valence-electron chi connectivity index (χ1n) is 12.6. The number of hydrogen-bond acceptors (Lipinski definition) is 7. The molecule has 0 radical (unpaired) electrons. The molecule has 0 amide bonds. The van der Waals surface area contributed by atoms with Gasteiger partial charge in [-0.05, 0) is 72.0 Å². The smallest absolute Gasteiger partial charge is 0.224 e. The van der Waals surface area contributed by atoms with Gasteiger partial charge in [-0.15, -0.1) is 0 Å². The van der Waals surface area contributed by atoms with Crippen LogP contribution in [0.2, 0.25) is 0 Å². The minimum absolute atomic E-state index is 0.0184. The number of hydrogen-bond donors (Lipinski definition) is 2. The molecule has 0 spiro atoms. The number of ether oxygens (including phenoxy) is 2. The number of fused-ring (bicyclic) bond motifs is 3. The van der Waals surface area contributed by atoms with Crippen LogP contribution in [0.1, 0.15) is 74.1 Å². The van der Waals surface area contributed by atoms with Gasteiger partial charge >= 0.3 is 0 Å². The normalized spacial score (nSPS) is 38.7. The Bertz CT molecular complexity index is 1060. The molecule has 2 aliphatic heterocycles. The van der Waals surface area contributed by atoms with E-state index in [1.165, 1.54) is 6.08 Å². The van der Waals surface area contributed by atoms with Crippen LogP contribution in [-0.2, 0) is 23.9 Å². The fourth-order valence-electron chi connectivity index (χ4n) is 6.76. The molecule has 1 saturated carbocycles. The quantitative estimate of drug-likeness (QED) is 0.463. The highest BCUT2D eigenvalue weighted by Crippen LogP contribution is 2.59. The number of aliphatic hydroxyl groups is 2. The lowest BCUT2D eigenvalue weighted by Crippen LogP contribution is -2.66. The van der Waals surface area contributed by atoms with Crippen molar-refractivity contribution in [1.82, 2.24) is 0 Å². The molecule has 35 heavy (non-hydrogen) atoms. The number of ketones is 3. The summed E-state index contributed by atoms with van der Waals surface area (Å²) in [5.74, 6) is -2.59. The SMILES string of the molecule is C/C=C(\C)C(=O)[C@@H](C)C1=CC(=O)C2=C(OC3(C)CC[C@H]4O[C@@H](C(C)(C)O)CC[C@]4(C)[C@H]3[C@@H]2O)C1=O. The summed E-state index contributed by atoms with van der Waals surface area (Å²) in [7, 11) is 0. The van der Waals surface area contributed by atoms with E-state index < -0.39 is 46.1 Å². The summed E-state index contributed by atoms with van der Waals surface area (Å²) in [4.78, 5) is 39.5. The Kier molecular flexibility index (Phi) is 6.31. The lowest BCUT2D eigenvalue weighted by atomic mass is 9.53. The molecule has 2 heterocycles. The predicted octanol–water partition coefficient (Wildman–Crippen LogP) is 3.37. The van der Waals surface area contributed by atoms with Gasteiger partial charge in [-0.3, -0.25) is 14.4 Å². The lowest BCUT2D eigenvalue weighted by Gasteiger charge is -2.61. The molecule has 0 aromatic rings. The largest absolute Gasteiger partial charge is 0.482 e. The van der Waals surface area contributed by atoms with Crippen LogP contribution in [0.15, 0.2) is 34.6 Å². The fourth-order valence-corrected chi connectivity index (χ4v) is 6.76. The maximum absolute atomic E-state index is 13.5. The summed E-state index contributed by atoms with van der Waals surface area (Å²) in [5, 5.41) is 22.1. The number of carbonyl (C=O) groups excluding carboxylic acids is 3. The van der Waals surface area contributed by atoms with E-state index >= 15 is 0 Å². The standard InChI is InChI=1S/C28H38O7/c1-8-14(2)21(30)15(3)16-13-17(29)20-23(32)25-27(6)11-9-18(26(4,5)33)34-19(27)10-12-28(25,7)35-24(20)22(16)31/h8,13,15,18-19,23,25,32-33H,9-12H2,1-7H3/b14-8+/t15-,18+,19+,23+,25+,27-,28?/m0/s1. The number of Topliss-reactive ketones (excluding diaryl/α,β-unsaturated/α-hetero) is 2. The molecule has 4 aliphatic rings. The molecule has 192 valence electrons. The molecule has 0 bridgehead atoms. The maximum Gasteiger partial charge on any atom is 0.224 e. The molecular weight excluding hydrogens is 448 g/mol. The minimum Gasteiger partial charge on any atom is -0.482 e. The number of allylic oxidation sites excluding steroid dienone is 4. The van der Waals surface area contributed by atoms with E-state index in [2.05, 4.69) is 6.92 Å². The topological polar surface area (TPSA) is 110 Å². The summed E-state index contributed by atoms with van der Waals surface area (Å²) >= 11 is 0. The van der Waals surface area contributed by atoms with Crippen molar-refractivity contribution in [2.24, 2.45) is 17.3 Å².